The van der Waals surface area contributed by atoms with Crippen LogP contribution >= 0.6 is 0 Å². The van der Waals surface area contributed by atoms with Gasteiger partial charge in [0.2, 0.25) is 0 Å². The summed E-state index contributed by atoms with van der Waals surface area (Å²) in [5, 5.41) is 9.34. The molecule has 4 rings (SSSR count). The number of para-hydroxylation sites is 1. The molecule has 0 unspecified atom stereocenters. The van der Waals surface area contributed by atoms with E-state index in [1.165, 1.54) is 19.4 Å². The van der Waals surface area contributed by atoms with E-state index in [0.717, 1.165) is 38.5 Å². The Balaban J connectivity index is 1.32. The zero-order valence-electron chi connectivity index (χ0n) is 24.8. The minimum atomic E-state index is -1.02. The third-order valence-corrected chi connectivity index (χ3v) is 6.90. The van der Waals surface area contributed by atoms with Gasteiger partial charge in [0.05, 0.1) is 36.7 Å². The van der Waals surface area contributed by atoms with E-state index < -0.39 is 17.8 Å². The molecule has 0 bridgehead atoms. The van der Waals surface area contributed by atoms with E-state index in [2.05, 4.69) is 21.2 Å². The minimum Gasteiger partial charge on any atom is -0.494 e. The fourth-order valence-corrected chi connectivity index (χ4v) is 4.61. The van der Waals surface area contributed by atoms with Crippen molar-refractivity contribution in [1.29, 1.82) is 0 Å². The quantitative estimate of drug-likeness (QED) is 0.0938. The topological polar surface area (TPSA) is 144 Å². The van der Waals surface area contributed by atoms with Gasteiger partial charge in [0.25, 0.3) is 5.91 Å². The van der Waals surface area contributed by atoms with Crippen LogP contribution < -0.4 is 30.3 Å². The standard InChI is InChI=1S/C33H36N4O7/c1-3-19-43-25-16-14-23(15-17-25)33(41)44-28-18-13-22(20-29(28)42-2)21-34-37-32(40)31(39)36-27-12-8-7-11-26(27)30(38)35-24-9-5-4-6-10-24/h7-8,11-18,20-21,24H,3-6,9-10,19H2,1-2H3,(H,35,38)(H,36,39)(H,37,40)/b34-21+. The van der Waals surface area contributed by atoms with E-state index >= 15 is 0 Å². The summed E-state index contributed by atoms with van der Waals surface area (Å²) in [6.45, 7) is 2.59. The van der Waals surface area contributed by atoms with Gasteiger partial charge in [0, 0.05) is 6.04 Å². The number of nitrogens with one attached hydrogen (secondary N) is 3. The number of nitrogens with zero attached hydrogens (tertiary/aromatic N) is 1. The predicted molar refractivity (Wildman–Crippen MR) is 165 cm³/mol. The molecule has 230 valence electrons. The van der Waals surface area contributed by atoms with Gasteiger partial charge in [-0.1, -0.05) is 38.3 Å². The zero-order valence-corrected chi connectivity index (χ0v) is 24.8. The second kappa shape index (κ2) is 15.9. The monoisotopic (exact) mass is 600 g/mol. The van der Waals surface area contributed by atoms with Crippen LogP contribution in [0, 0.1) is 0 Å². The number of hydrogen-bond acceptors (Lipinski definition) is 8. The van der Waals surface area contributed by atoms with Crippen LogP contribution in [0.25, 0.3) is 0 Å². The van der Waals surface area contributed by atoms with Crippen LogP contribution in [0.3, 0.4) is 0 Å². The Bertz CT molecular complexity index is 1500. The van der Waals surface area contributed by atoms with Crippen LogP contribution in [0.1, 0.15) is 71.7 Å². The fraction of sp³-hybridized carbons (Fsp3) is 0.303. The number of amides is 3. The van der Waals surface area contributed by atoms with Crippen LogP contribution in [0.15, 0.2) is 71.8 Å². The molecule has 0 aromatic heterocycles. The highest BCUT2D eigenvalue weighted by atomic mass is 16.6. The third-order valence-electron chi connectivity index (χ3n) is 6.90. The summed E-state index contributed by atoms with van der Waals surface area (Å²) in [5.41, 5.74) is 3.51. The van der Waals surface area contributed by atoms with E-state index in [4.69, 9.17) is 14.2 Å². The minimum absolute atomic E-state index is 0.0976. The maximum Gasteiger partial charge on any atom is 0.343 e. The zero-order chi connectivity index (χ0) is 31.3. The van der Waals surface area contributed by atoms with Crippen molar-refractivity contribution < 1.29 is 33.4 Å². The molecule has 1 saturated carbocycles. The summed E-state index contributed by atoms with van der Waals surface area (Å²) in [5.74, 6) is -1.76. The molecule has 0 saturated heterocycles. The number of hydrazone groups is 1. The Morgan fingerprint density at radius 2 is 1.66 bits per heavy atom. The highest BCUT2D eigenvalue weighted by Gasteiger charge is 2.21. The lowest BCUT2D eigenvalue weighted by molar-refractivity contribution is -0.136. The summed E-state index contributed by atoms with van der Waals surface area (Å²) in [7, 11) is 1.42. The molecule has 1 fully saturated rings. The molecule has 3 amide bonds. The average molecular weight is 601 g/mol. The molecular weight excluding hydrogens is 564 g/mol. The molecule has 3 aromatic rings. The molecule has 1 aliphatic carbocycles. The Labute approximate surface area is 256 Å². The predicted octanol–water partition coefficient (Wildman–Crippen LogP) is 4.85. The first-order valence-corrected chi connectivity index (χ1v) is 14.5. The normalized spacial score (nSPS) is 13.1. The van der Waals surface area contributed by atoms with Gasteiger partial charge in [-0.2, -0.15) is 5.10 Å². The number of hydrogen-bond donors (Lipinski definition) is 3. The van der Waals surface area contributed by atoms with E-state index in [9.17, 15) is 19.2 Å². The Hall–Kier alpha value is -5.19. The van der Waals surface area contributed by atoms with Crippen molar-refractivity contribution in [3.05, 3.63) is 83.4 Å². The summed E-state index contributed by atoms with van der Waals surface area (Å²) >= 11 is 0. The molecule has 0 spiro atoms. The van der Waals surface area contributed by atoms with Crippen molar-refractivity contribution >= 4 is 35.6 Å². The molecular formula is C33H36N4O7. The lowest BCUT2D eigenvalue weighted by Crippen LogP contribution is -2.37. The largest absolute Gasteiger partial charge is 0.494 e. The number of rotatable bonds is 11. The van der Waals surface area contributed by atoms with Crippen molar-refractivity contribution in [2.24, 2.45) is 5.10 Å². The molecule has 3 N–H and O–H groups in total. The highest BCUT2D eigenvalue weighted by molar-refractivity contribution is 6.40. The van der Waals surface area contributed by atoms with E-state index in [1.807, 2.05) is 6.92 Å². The van der Waals surface area contributed by atoms with Gasteiger partial charge in [-0.3, -0.25) is 14.4 Å². The smallest absolute Gasteiger partial charge is 0.343 e. The Kier molecular flexibility index (Phi) is 11.5. The van der Waals surface area contributed by atoms with E-state index in [1.54, 1.807) is 60.7 Å². The number of anilines is 1. The Morgan fingerprint density at radius 3 is 2.39 bits per heavy atom. The average Bonchev–Trinajstić information content (AvgIpc) is 3.05. The molecule has 0 atom stereocenters. The highest BCUT2D eigenvalue weighted by Crippen LogP contribution is 2.28. The first-order valence-electron chi connectivity index (χ1n) is 14.5. The van der Waals surface area contributed by atoms with Gasteiger partial charge >= 0.3 is 17.8 Å². The molecule has 44 heavy (non-hydrogen) atoms. The van der Waals surface area contributed by atoms with E-state index in [0.29, 0.717) is 23.5 Å². The van der Waals surface area contributed by atoms with Gasteiger partial charge in [0.15, 0.2) is 11.5 Å². The van der Waals surface area contributed by atoms with E-state index in [-0.39, 0.29) is 34.7 Å². The summed E-state index contributed by atoms with van der Waals surface area (Å²) in [4.78, 5) is 50.4. The summed E-state index contributed by atoms with van der Waals surface area (Å²) in [6, 6.07) is 17.9. The number of carbonyl (C=O) groups excluding carboxylic acids is 4. The molecule has 0 heterocycles. The summed E-state index contributed by atoms with van der Waals surface area (Å²) < 4.78 is 16.4. The molecule has 0 aliphatic heterocycles. The van der Waals surface area contributed by atoms with Gasteiger partial charge in [-0.15, -0.1) is 0 Å². The maximum atomic E-state index is 12.8. The molecule has 1 aliphatic rings. The van der Waals surface area contributed by atoms with Crippen molar-refractivity contribution in [2.45, 2.75) is 51.5 Å². The van der Waals surface area contributed by atoms with Crippen molar-refractivity contribution in [2.75, 3.05) is 19.0 Å². The summed E-state index contributed by atoms with van der Waals surface area (Å²) in [6.07, 6.45) is 7.32. The van der Waals surface area contributed by atoms with Crippen LogP contribution in [0.2, 0.25) is 0 Å². The fourth-order valence-electron chi connectivity index (χ4n) is 4.61. The molecule has 11 heteroatoms. The van der Waals surface area contributed by atoms with Crippen LogP contribution in [0.5, 0.6) is 17.2 Å². The number of carbonyl (C=O) groups is 4. The third kappa shape index (κ3) is 8.90. The van der Waals surface area contributed by atoms with Crippen LogP contribution in [-0.4, -0.2) is 49.7 Å². The second-order valence-electron chi connectivity index (χ2n) is 10.2. The van der Waals surface area contributed by atoms with Gasteiger partial charge in [0.1, 0.15) is 5.75 Å². The van der Waals surface area contributed by atoms with Crippen molar-refractivity contribution in [1.82, 2.24) is 10.7 Å². The first-order chi connectivity index (χ1) is 21.4. The maximum absolute atomic E-state index is 12.8. The number of esters is 1. The molecule has 11 nitrogen and oxygen atoms in total. The number of benzene rings is 3. The van der Waals surface area contributed by atoms with Crippen molar-refractivity contribution in [3.8, 4) is 17.2 Å². The van der Waals surface area contributed by atoms with Crippen molar-refractivity contribution in [3.63, 3.8) is 0 Å². The van der Waals surface area contributed by atoms with Crippen LogP contribution in [-0.2, 0) is 9.59 Å². The lowest BCUT2D eigenvalue weighted by Gasteiger charge is -2.23. The first kappa shape index (κ1) is 31.7. The molecule has 3 aromatic carbocycles. The second-order valence-corrected chi connectivity index (χ2v) is 10.2. The lowest BCUT2D eigenvalue weighted by atomic mass is 9.95. The van der Waals surface area contributed by atoms with Crippen LogP contribution in [0.4, 0.5) is 5.69 Å². The van der Waals surface area contributed by atoms with Gasteiger partial charge < -0.3 is 24.8 Å². The number of ether oxygens (including phenoxy) is 3. The van der Waals surface area contributed by atoms with Gasteiger partial charge in [-0.05, 0) is 79.4 Å². The Morgan fingerprint density at radius 1 is 0.909 bits per heavy atom. The van der Waals surface area contributed by atoms with Gasteiger partial charge in [-0.25, -0.2) is 10.2 Å². The molecule has 0 radical (unpaired) electrons. The number of methoxy groups -OCH3 is 1. The SMILES string of the molecule is CCCOc1ccc(C(=O)Oc2ccc(/C=N/NC(=O)C(=O)Nc3ccccc3C(=O)NC3CCCCC3)cc2OC)cc1.